The molecule has 0 aromatic carbocycles. The van der Waals surface area contributed by atoms with Gasteiger partial charge in [-0.15, -0.1) is 0 Å². The van der Waals surface area contributed by atoms with Gasteiger partial charge in [0.2, 0.25) is 0 Å². The molecule has 0 aromatic rings. The zero-order chi connectivity index (χ0) is 73.2. The van der Waals surface area contributed by atoms with Crippen molar-refractivity contribution in [1.82, 2.24) is 0 Å². The summed E-state index contributed by atoms with van der Waals surface area (Å²) >= 11 is 0. The minimum absolute atomic E-state index is 0.0307. The fraction of sp³-hybridized carbons (Fsp3) is 0.654. The summed E-state index contributed by atoms with van der Waals surface area (Å²) in [6.45, 7) is 4.42. The summed E-state index contributed by atoms with van der Waals surface area (Å²) in [7, 11) is -9.99. The Kier molecular flexibility index (Phi) is 68.6. The van der Waals surface area contributed by atoms with Gasteiger partial charge in [-0.05, 0) is 148 Å². The van der Waals surface area contributed by atoms with Gasteiger partial charge in [0.15, 0.2) is 12.2 Å². The van der Waals surface area contributed by atoms with E-state index in [0.717, 1.165) is 173 Å². The van der Waals surface area contributed by atoms with Crippen molar-refractivity contribution in [2.45, 2.75) is 303 Å². The average Bonchev–Trinajstić information content (AvgIpc) is 0.935. The van der Waals surface area contributed by atoms with Crippen molar-refractivity contribution in [3.63, 3.8) is 0 Å². The largest absolute Gasteiger partial charge is 0.472 e. The van der Waals surface area contributed by atoms with Gasteiger partial charge in [0, 0.05) is 25.7 Å². The van der Waals surface area contributed by atoms with Crippen LogP contribution >= 0.6 is 15.6 Å². The molecule has 570 valence electrons. The van der Waals surface area contributed by atoms with Crippen LogP contribution in [0.5, 0.6) is 0 Å². The molecule has 0 saturated carbocycles. The van der Waals surface area contributed by atoms with E-state index in [4.69, 9.17) is 37.0 Å². The molecule has 17 nitrogen and oxygen atoms in total. The molecule has 0 fully saturated rings. The first-order valence-corrected chi connectivity index (χ1v) is 41.1. The molecule has 0 rings (SSSR count). The van der Waals surface area contributed by atoms with Gasteiger partial charge in [0.1, 0.15) is 19.3 Å². The summed E-state index contributed by atoms with van der Waals surface area (Å²) in [6, 6.07) is 0. The molecule has 0 aliphatic heterocycles. The maximum atomic E-state index is 13.1. The number of allylic oxidation sites excluding steroid dienone is 24. The first-order valence-electron chi connectivity index (χ1n) is 38.1. The summed E-state index contributed by atoms with van der Waals surface area (Å²) < 4.78 is 68.3. The number of carbonyl (C=O) groups excluding carboxylic acids is 4. The lowest BCUT2D eigenvalue weighted by Gasteiger charge is -2.21. The quantitative estimate of drug-likeness (QED) is 0.0169. The predicted molar refractivity (Wildman–Crippen MR) is 408 cm³/mol. The van der Waals surface area contributed by atoms with Crippen LogP contribution in [0.2, 0.25) is 0 Å². The second kappa shape index (κ2) is 72.3. The molecule has 0 saturated heterocycles. The second-order valence-electron chi connectivity index (χ2n) is 24.8. The Labute approximate surface area is 605 Å². The van der Waals surface area contributed by atoms with Crippen LogP contribution < -0.4 is 0 Å². The summed E-state index contributed by atoms with van der Waals surface area (Å²) in [5, 5.41) is 10.6. The van der Waals surface area contributed by atoms with Crippen LogP contribution in [0, 0.1) is 0 Å². The number of phosphoric acid groups is 2. The average molecular weight is 1440 g/mol. The van der Waals surface area contributed by atoms with Crippen LogP contribution in [0.1, 0.15) is 285 Å². The van der Waals surface area contributed by atoms with Crippen LogP contribution in [0.15, 0.2) is 146 Å². The van der Waals surface area contributed by atoms with Crippen LogP contribution in [-0.4, -0.2) is 96.7 Å². The van der Waals surface area contributed by atoms with Gasteiger partial charge in [-0.25, -0.2) is 9.13 Å². The Morgan fingerprint density at radius 3 is 0.910 bits per heavy atom. The van der Waals surface area contributed by atoms with E-state index in [0.29, 0.717) is 32.1 Å². The predicted octanol–water partition coefficient (Wildman–Crippen LogP) is 21.9. The summed E-state index contributed by atoms with van der Waals surface area (Å²) in [5.74, 6) is -2.32. The number of esters is 4. The van der Waals surface area contributed by atoms with E-state index < -0.39 is 97.5 Å². The van der Waals surface area contributed by atoms with Crippen molar-refractivity contribution in [3.05, 3.63) is 146 Å². The number of carbonyl (C=O) groups is 4. The highest BCUT2D eigenvalue weighted by molar-refractivity contribution is 7.47. The maximum absolute atomic E-state index is 13.1. The van der Waals surface area contributed by atoms with Gasteiger partial charge in [-0.1, -0.05) is 257 Å². The summed E-state index contributed by atoms with van der Waals surface area (Å²) in [4.78, 5) is 72.8. The molecule has 0 aliphatic rings. The number of hydrogen-bond donors (Lipinski definition) is 3. The molecule has 3 N–H and O–H groups in total. The standard InChI is InChI=1S/C81H134O17P2/c1-5-9-13-17-21-25-29-33-35-36-37-38-40-44-46-50-54-58-62-66-79(84)92-72-77(98-81(86)68-64-60-56-52-48-42-32-28-24-20-16-12-8-4)74-96-100(89,90)94-70-75(82)69-93-99(87,88)95-73-76(97-80(85)67-63-59-55-51-47-41-31-27-23-19-15-11-7-3)71-91-78(83)65-61-57-53-49-45-43-39-34-30-26-22-18-14-10-6-2/h9-10,13-15,19,21-22,25-28,31-35,37-39,44,46,54,58,75-77,82H,5-8,11-12,16-18,20,23-24,29-30,36,40-43,45,47-53,55-57,59-74H2,1-4H3,(H,87,88)(H,89,90)/b13-9-,14-10-,19-15-,25-21-,26-22-,31-27-,32-28-,35-33-,38-37-,39-34-,46-44-,58-54-. The van der Waals surface area contributed by atoms with Crippen molar-refractivity contribution in [3.8, 4) is 0 Å². The monoisotopic (exact) mass is 1440 g/mol. The van der Waals surface area contributed by atoms with Gasteiger partial charge in [-0.2, -0.15) is 0 Å². The fourth-order valence-corrected chi connectivity index (χ4v) is 11.1. The molecule has 100 heavy (non-hydrogen) atoms. The molecule has 5 atom stereocenters. The van der Waals surface area contributed by atoms with E-state index in [9.17, 15) is 43.2 Å². The van der Waals surface area contributed by atoms with Gasteiger partial charge in [0.25, 0.3) is 0 Å². The van der Waals surface area contributed by atoms with Crippen molar-refractivity contribution < 1.29 is 80.2 Å². The zero-order valence-electron chi connectivity index (χ0n) is 62.1. The van der Waals surface area contributed by atoms with Crippen LogP contribution in [-0.2, 0) is 65.4 Å². The molecule has 5 unspecified atom stereocenters. The third-order valence-electron chi connectivity index (χ3n) is 15.3. The first kappa shape index (κ1) is 94.9. The summed E-state index contributed by atoms with van der Waals surface area (Å²) in [6.07, 6.45) is 81.4. The Morgan fingerprint density at radius 1 is 0.290 bits per heavy atom. The van der Waals surface area contributed by atoms with Gasteiger partial charge >= 0.3 is 39.5 Å². The van der Waals surface area contributed by atoms with Crippen LogP contribution in [0.4, 0.5) is 0 Å². The van der Waals surface area contributed by atoms with Gasteiger partial charge < -0.3 is 33.8 Å². The Morgan fingerprint density at radius 2 is 0.560 bits per heavy atom. The molecule has 0 heterocycles. The molecule has 0 bridgehead atoms. The molecule has 0 aromatic heterocycles. The Bertz CT molecular complexity index is 2470. The lowest BCUT2D eigenvalue weighted by Crippen LogP contribution is -2.30. The molecular weight excluding hydrogens is 1310 g/mol. The maximum Gasteiger partial charge on any atom is 0.472 e. The number of ether oxygens (including phenoxy) is 4. The smallest absolute Gasteiger partial charge is 0.462 e. The first-order chi connectivity index (χ1) is 48.7. The van der Waals surface area contributed by atoms with Crippen molar-refractivity contribution >= 4 is 39.5 Å². The zero-order valence-corrected chi connectivity index (χ0v) is 63.9. The molecular formula is C81H134O17P2. The highest BCUT2D eigenvalue weighted by Crippen LogP contribution is 2.45. The number of unbranched alkanes of at least 4 members (excludes halogenated alkanes) is 20. The Balaban J connectivity index is 5.43. The van der Waals surface area contributed by atoms with Crippen molar-refractivity contribution in [1.29, 1.82) is 0 Å². The minimum Gasteiger partial charge on any atom is -0.462 e. The molecule has 0 amide bonds. The van der Waals surface area contributed by atoms with E-state index in [2.05, 4.69) is 155 Å². The highest BCUT2D eigenvalue weighted by atomic mass is 31.2. The third kappa shape index (κ3) is 71.3. The van der Waals surface area contributed by atoms with Gasteiger partial charge in [-0.3, -0.25) is 37.3 Å². The Hall–Kier alpha value is -5.06. The topological polar surface area (TPSA) is 237 Å². The third-order valence-corrected chi connectivity index (χ3v) is 17.2. The van der Waals surface area contributed by atoms with Crippen LogP contribution in [0.25, 0.3) is 0 Å². The van der Waals surface area contributed by atoms with Crippen molar-refractivity contribution in [2.24, 2.45) is 0 Å². The molecule has 0 aliphatic carbocycles. The molecule has 0 radical (unpaired) electrons. The summed E-state index contributed by atoms with van der Waals surface area (Å²) in [5.41, 5.74) is 0. The van der Waals surface area contributed by atoms with E-state index in [1.54, 1.807) is 0 Å². The van der Waals surface area contributed by atoms with E-state index in [-0.39, 0.29) is 25.7 Å². The number of hydrogen-bond acceptors (Lipinski definition) is 15. The van der Waals surface area contributed by atoms with E-state index >= 15 is 0 Å². The second-order valence-corrected chi connectivity index (χ2v) is 27.7. The minimum atomic E-state index is -5.00. The molecule has 0 spiro atoms. The highest BCUT2D eigenvalue weighted by Gasteiger charge is 2.30. The lowest BCUT2D eigenvalue weighted by atomic mass is 10.1. The van der Waals surface area contributed by atoms with Crippen molar-refractivity contribution in [2.75, 3.05) is 39.6 Å². The SMILES string of the molecule is CC/C=C\C/C=C\C/C=C\C/C=C\C/C=C\C/C=C\CCC(=O)OCC(COP(=O)(O)OCC(O)COP(=O)(O)OCC(COC(=O)CCCCCCC/C=C\C/C=C\C/C=C\CC)OC(=O)CCCCCCC/C=C\C/C=C\CCC)OC(=O)CCCCCCC/C=C\CCCCCC. The van der Waals surface area contributed by atoms with E-state index in [1.807, 2.05) is 18.2 Å². The fourth-order valence-electron chi connectivity index (χ4n) is 9.53. The van der Waals surface area contributed by atoms with E-state index in [1.165, 1.54) is 25.7 Å². The number of aliphatic hydroxyl groups excluding tert-OH is 1. The number of aliphatic hydroxyl groups is 1. The lowest BCUT2D eigenvalue weighted by molar-refractivity contribution is -0.161. The number of phosphoric ester groups is 2. The number of rotatable bonds is 70. The van der Waals surface area contributed by atoms with Gasteiger partial charge in [0.05, 0.1) is 26.4 Å². The van der Waals surface area contributed by atoms with Crippen LogP contribution in [0.3, 0.4) is 0 Å². The molecule has 19 heteroatoms. The normalized spacial score (nSPS) is 14.8.